The molecule has 1 fully saturated rings. The van der Waals surface area contributed by atoms with Crippen LogP contribution in [0.4, 0.5) is 0 Å². The number of allylic oxidation sites excluding steroid dienone is 2. The van der Waals surface area contributed by atoms with E-state index >= 15 is 0 Å². The highest BCUT2D eigenvalue weighted by atomic mass is 35.5. The predicted octanol–water partition coefficient (Wildman–Crippen LogP) is 3.80. The van der Waals surface area contributed by atoms with E-state index in [-0.39, 0.29) is 5.75 Å². The minimum atomic E-state index is -0.0318. The Balaban J connectivity index is 0.000000456. The van der Waals surface area contributed by atoms with Crippen LogP contribution in [0, 0.1) is 6.92 Å². The zero-order valence-corrected chi connectivity index (χ0v) is 18.3. The molecule has 0 amide bonds. The van der Waals surface area contributed by atoms with Crippen molar-refractivity contribution >= 4 is 23.5 Å². The Bertz CT molecular complexity index is 867. The standard InChI is InChI=1S/C19H19ClO4.C4H9NO/c1-12-16(23-2)10-17(24-3)18(19(12)22)14(11-21)8-7-13-5-4-6-15(20)9-13;1-3-6-4-2-5-1/h4-6,8-11,22H,7H2,1-3H3;5H,1-4H2/b14-8-;. The molecule has 0 saturated carbocycles. The maximum absolute atomic E-state index is 11.6. The normalized spacial score (nSPS) is 13.8. The molecule has 2 aromatic carbocycles. The van der Waals surface area contributed by atoms with E-state index in [0.717, 1.165) is 31.9 Å². The van der Waals surface area contributed by atoms with Gasteiger partial charge in [0.1, 0.15) is 17.2 Å². The number of aromatic hydroxyl groups is 1. The molecule has 1 heterocycles. The number of morpholine rings is 1. The predicted molar refractivity (Wildman–Crippen MR) is 119 cm³/mol. The number of halogens is 1. The molecule has 0 bridgehead atoms. The summed E-state index contributed by atoms with van der Waals surface area (Å²) in [5.74, 6) is 0.836. The van der Waals surface area contributed by atoms with Crippen molar-refractivity contribution in [3.8, 4) is 17.2 Å². The fourth-order valence-electron chi connectivity index (χ4n) is 2.99. The molecule has 1 aliphatic rings. The Morgan fingerprint density at radius 1 is 1.20 bits per heavy atom. The van der Waals surface area contributed by atoms with E-state index in [1.165, 1.54) is 14.2 Å². The first kappa shape index (κ1) is 23.7. The van der Waals surface area contributed by atoms with Gasteiger partial charge < -0.3 is 24.6 Å². The molecule has 162 valence electrons. The number of carbonyl (C=O) groups excluding carboxylic acids is 1. The number of aldehydes is 1. The third kappa shape index (κ3) is 6.49. The van der Waals surface area contributed by atoms with Gasteiger partial charge in [-0.05, 0) is 31.0 Å². The van der Waals surface area contributed by atoms with Crippen molar-refractivity contribution in [3.05, 3.63) is 58.1 Å². The van der Waals surface area contributed by atoms with Crippen molar-refractivity contribution in [1.29, 1.82) is 0 Å². The summed E-state index contributed by atoms with van der Waals surface area (Å²) in [4.78, 5) is 11.6. The summed E-state index contributed by atoms with van der Waals surface area (Å²) in [5, 5.41) is 14.3. The number of ether oxygens (including phenoxy) is 3. The molecule has 1 saturated heterocycles. The number of hydrogen-bond acceptors (Lipinski definition) is 6. The van der Waals surface area contributed by atoms with Crippen LogP contribution in [0.1, 0.15) is 16.7 Å². The fraction of sp³-hybridized carbons (Fsp3) is 0.348. The number of hydrogen-bond donors (Lipinski definition) is 2. The molecule has 0 aliphatic carbocycles. The lowest BCUT2D eigenvalue weighted by molar-refractivity contribution is -0.103. The maximum atomic E-state index is 11.6. The Hall–Kier alpha value is -2.54. The SMILES string of the molecule is C1COCCN1.COc1cc(OC)c(/C(C=O)=C\Cc2cccc(Cl)c2)c(O)c1C. The van der Waals surface area contributed by atoms with Gasteiger partial charge in [0.15, 0.2) is 6.29 Å². The summed E-state index contributed by atoms with van der Waals surface area (Å²) in [6.07, 6.45) is 2.94. The van der Waals surface area contributed by atoms with Crippen LogP contribution >= 0.6 is 11.6 Å². The quantitative estimate of drug-likeness (QED) is 0.533. The number of methoxy groups -OCH3 is 2. The first-order valence-electron chi connectivity index (χ1n) is 9.65. The molecule has 0 atom stereocenters. The Kier molecular flexibility index (Phi) is 9.67. The lowest BCUT2D eigenvalue weighted by Gasteiger charge is -2.15. The maximum Gasteiger partial charge on any atom is 0.150 e. The summed E-state index contributed by atoms with van der Waals surface area (Å²) in [6, 6.07) is 9.04. The number of carbonyl (C=O) groups is 1. The van der Waals surface area contributed by atoms with Crippen molar-refractivity contribution < 1.29 is 24.1 Å². The molecule has 7 heteroatoms. The second-order valence-electron chi connectivity index (χ2n) is 6.60. The van der Waals surface area contributed by atoms with Crippen LogP contribution in [0.25, 0.3) is 5.57 Å². The van der Waals surface area contributed by atoms with Gasteiger partial charge in [0.05, 0.1) is 33.0 Å². The van der Waals surface area contributed by atoms with Gasteiger partial charge >= 0.3 is 0 Å². The molecule has 0 spiro atoms. The summed E-state index contributed by atoms with van der Waals surface area (Å²) >= 11 is 5.97. The number of nitrogens with one attached hydrogen (secondary N) is 1. The van der Waals surface area contributed by atoms with Crippen molar-refractivity contribution in [3.63, 3.8) is 0 Å². The largest absolute Gasteiger partial charge is 0.507 e. The number of phenols is 1. The monoisotopic (exact) mass is 433 g/mol. The number of benzene rings is 2. The van der Waals surface area contributed by atoms with E-state index in [4.69, 9.17) is 25.8 Å². The highest BCUT2D eigenvalue weighted by molar-refractivity contribution is 6.30. The van der Waals surface area contributed by atoms with Crippen LogP contribution < -0.4 is 14.8 Å². The van der Waals surface area contributed by atoms with E-state index in [1.807, 2.05) is 18.2 Å². The van der Waals surface area contributed by atoms with Gasteiger partial charge in [0, 0.05) is 35.3 Å². The van der Waals surface area contributed by atoms with Crippen LogP contribution in [0.2, 0.25) is 5.02 Å². The minimum absolute atomic E-state index is 0.0318. The molecule has 1 aliphatic heterocycles. The van der Waals surface area contributed by atoms with Crippen molar-refractivity contribution in [2.24, 2.45) is 0 Å². The Morgan fingerprint density at radius 3 is 2.40 bits per heavy atom. The van der Waals surface area contributed by atoms with Crippen molar-refractivity contribution in [2.45, 2.75) is 13.3 Å². The van der Waals surface area contributed by atoms with Crippen LogP contribution in [0.15, 0.2) is 36.4 Å². The number of rotatable bonds is 6. The van der Waals surface area contributed by atoms with Gasteiger partial charge in [-0.15, -0.1) is 0 Å². The van der Waals surface area contributed by atoms with Gasteiger partial charge in [0.25, 0.3) is 0 Å². The molecule has 2 aromatic rings. The molecular formula is C23H28ClNO5. The van der Waals surface area contributed by atoms with E-state index in [2.05, 4.69) is 5.32 Å². The van der Waals surface area contributed by atoms with Gasteiger partial charge in [0.2, 0.25) is 0 Å². The van der Waals surface area contributed by atoms with E-state index in [9.17, 15) is 9.90 Å². The third-order valence-electron chi connectivity index (χ3n) is 4.62. The van der Waals surface area contributed by atoms with E-state index in [1.54, 1.807) is 25.1 Å². The average Bonchev–Trinajstić information content (AvgIpc) is 2.78. The average molecular weight is 434 g/mol. The van der Waals surface area contributed by atoms with Gasteiger partial charge in [-0.25, -0.2) is 0 Å². The highest BCUT2D eigenvalue weighted by Gasteiger charge is 2.19. The zero-order valence-electron chi connectivity index (χ0n) is 17.5. The van der Waals surface area contributed by atoms with E-state index < -0.39 is 0 Å². The van der Waals surface area contributed by atoms with Crippen LogP contribution in [-0.4, -0.2) is 51.9 Å². The van der Waals surface area contributed by atoms with Crippen LogP contribution in [0.3, 0.4) is 0 Å². The van der Waals surface area contributed by atoms with Gasteiger partial charge in [-0.2, -0.15) is 0 Å². The van der Waals surface area contributed by atoms with Gasteiger partial charge in [-0.1, -0.05) is 29.8 Å². The summed E-state index contributed by atoms with van der Waals surface area (Å²) < 4.78 is 15.5. The van der Waals surface area contributed by atoms with Crippen molar-refractivity contribution in [1.82, 2.24) is 5.32 Å². The first-order chi connectivity index (χ1) is 14.5. The molecule has 0 radical (unpaired) electrons. The smallest absolute Gasteiger partial charge is 0.150 e. The molecule has 6 nitrogen and oxygen atoms in total. The van der Waals surface area contributed by atoms with Crippen molar-refractivity contribution in [2.75, 3.05) is 40.5 Å². The topological polar surface area (TPSA) is 77.0 Å². The second kappa shape index (κ2) is 12.2. The van der Waals surface area contributed by atoms with Crippen LogP contribution in [-0.2, 0) is 16.0 Å². The molecule has 0 unspecified atom stereocenters. The Labute approximate surface area is 182 Å². The molecule has 3 rings (SSSR count). The highest BCUT2D eigenvalue weighted by Crippen LogP contribution is 2.41. The molecular weight excluding hydrogens is 406 g/mol. The number of phenolic OH excluding ortho intramolecular Hbond substituents is 1. The second-order valence-corrected chi connectivity index (χ2v) is 7.04. The summed E-state index contributed by atoms with van der Waals surface area (Å²) in [5.41, 5.74) is 2.21. The zero-order chi connectivity index (χ0) is 21.9. The minimum Gasteiger partial charge on any atom is -0.507 e. The summed E-state index contributed by atoms with van der Waals surface area (Å²) in [7, 11) is 2.99. The fourth-order valence-corrected chi connectivity index (χ4v) is 3.20. The summed E-state index contributed by atoms with van der Waals surface area (Å²) in [6.45, 7) is 5.55. The lowest BCUT2D eigenvalue weighted by atomic mass is 9.98. The Morgan fingerprint density at radius 2 is 1.90 bits per heavy atom. The molecule has 0 aromatic heterocycles. The first-order valence-corrected chi connectivity index (χ1v) is 10.0. The third-order valence-corrected chi connectivity index (χ3v) is 4.85. The van der Waals surface area contributed by atoms with Crippen LogP contribution in [0.5, 0.6) is 17.2 Å². The van der Waals surface area contributed by atoms with Gasteiger partial charge in [-0.3, -0.25) is 4.79 Å². The van der Waals surface area contributed by atoms with E-state index in [0.29, 0.717) is 45.9 Å². The molecule has 30 heavy (non-hydrogen) atoms. The lowest BCUT2D eigenvalue weighted by Crippen LogP contribution is -2.30. The molecule has 2 N–H and O–H groups in total.